The quantitative estimate of drug-likeness (QED) is 0.725. The van der Waals surface area contributed by atoms with Crippen LogP contribution in [0.25, 0.3) is 0 Å². The van der Waals surface area contributed by atoms with Crippen molar-refractivity contribution >= 4 is 12.6 Å². The molecule has 0 radical (unpaired) electrons. The first-order valence-corrected chi connectivity index (χ1v) is 5.65. The van der Waals surface area contributed by atoms with Crippen molar-refractivity contribution < 1.29 is 14.4 Å². The molecule has 2 N–H and O–H groups in total. The van der Waals surface area contributed by atoms with E-state index >= 15 is 0 Å². The fraction of sp³-hybridized carbons (Fsp3) is 0.167. The molecule has 1 aromatic carbocycles. The smallest absolute Gasteiger partial charge is 0.423 e. The summed E-state index contributed by atoms with van der Waals surface area (Å²) in [6.45, 7) is 1.82. The van der Waals surface area contributed by atoms with Gasteiger partial charge >= 0.3 is 7.12 Å². The van der Waals surface area contributed by atoms with Crippen LogP contribution in [0.3, 0.4) is 0 Å². The van der Waals surface area contributed by atoms with E-state index in [0.29, 0.717) is 5.56 Å². The maximum atomic E-state index is 13.3. The van der Waals surface area contributed by atoms with Crippen molar-refractivity contribution in [2.75, 3.05) is 0 Å². The third kappa shape index (κ3) is 3.27. The maximum Gasteiger partial charge on any atom is 0.488 e. The molecule has 0 saturated carbocycles. The van der Waals surface area contributed by atoms with Crippen LogP contribution < -0.4 is 11.0 Å². The average molecular weight is 262 g/mol. The first-order chi connectivity index (χ1) is 8.95. The van der Waals surface area contributed by atoms with Gasteiger partial charge in [0.05, 0.1) is 12.7 Å². The molecule has 7 heteroatoms. The van der Waals surface area contributed by atoms with Crippen molar-refractivity contribution in [2.45, 2.75) is 13.5 Å². The standard InChI is InChI=1S/C12H12BFN2O3/c1-8-2-12(17)16(15-6-8)7-9-3-10(13(18)19)5-11(14)4-9/h2-6,18-19H,7H2,1H3. The molecule has 1 heterocycles. The minimum atomic E-state index is -1.75. The Labute approximate surface area is 109 Å². The van der Waals surface area contributed by atoms with Gasteiger partial charge in [0.1, 0.15) is 5.82 Å². The third-order valence-electron chi connectivity index (χ3n) is 2.62. The molecule has 0 fully saturated rings. The van der Waals surface area contributed by atoms with Crippen LogP contribution in [0.2, 0.25) is 0 Å². The largest absolute Gasteiger partial charge is 0.488 e. The van der Waals surface area contributed by atoms with Gasteiger partial charge in [0, 0.05) is 6.07 Å². The van der Waals surface area contributed by atoms with Crippen LogP contribution in [-0.4, -0.2) is 26.9 Å². The van der Waals surface area contributed by atoms with Crippen molar-refractivity contribution in [3.63, 3.8) is 0 Å². The Kier molecular flexibility index (Phi) is 3.78. The molecule has 0 atom stereocenters. The molecule has 2 rings (SSSR count). The number of hydrogen-bond donors (Lipinski definition) is 2. The number of aryl methyl sites for hydroxylation is 1. The van der Waals surface area contributed by atoms with Crippen LogP contribution in [0.1, 0.15) is 11.1 Å². The van der Waals surface area contributed by atoms with Crippen LogP contribution in [0.5, 0.6) is 0 Å². The third-order valence-corrected chi connectivity index (χ3v) is 2.62. The topological polar surface area (TPSA) is 75.3 Å². The molecule has 0 spiro atoms. The van der Waals surface area contributed by atoms with E-state index in [2.05, 4.69) is 5.10 Å². The zero-order valence-electron chi connectivity index (χ0n) is 10.2. The monoisotopic (exact) mass is 262 g/mol. The highest BCUT2D eigenvalue weighted by molar-refractivity contribution is 6.58. The van der Waals surface area contributed by atoms with E-state index in [-0.39, 0.29) is 17.6 Å². The minimum absolute atomic E-state index is 0.0372. The maximum absolute atomic E-state index is 13.3. The fourth-order valence-corrected chi connectivity index (χ4v) is 1.73. The van der Waals surface area contributed by atoms with Crippen molar-refractivity contribution in [3.05, 3.63) is 57.8 Å². The van der Waals surface area contributed by atoms with Gasteiger partial charge in [-0.2, -0.15) is 5.10 Å². The van der Waals surface area contributed by atoms with Crippen LogP contribution in [0.4, 0.5) is 4.39 Å². The molecule has 0 aliphatic rings. The van der Waals surface area contributed by atoms with Gasteiger partial charge in [-0.05, 0) is 35.6 Å². The molecule has 0 unspecified atom stereocenters. The van der Waals surface area contributed by atoms with Crippen molar-refractivity contribution in [1.82, 2.24) is 9.78 Å². The van der Waals surface area contributed by atoms with Gasteiger partial charge in [-0.3, -0.25) is 4.79 Å². The second-order valence-corrected chi connectivity index (χ2v) is 4.30. The number of benzene rings is 1. The molecular weight excluding hydrogens is 250 g/mol. The Balaban J connectivity index is 2.35. The molecule has 0 bridgehead atoms. The molecule has 19 heavy (non-hydrogen) atoms. The molecular formula is C12H12BFN2O3. The SMILES string of the molecule is Cc1cnn(Cc2cc(F)cc(B(O)O)c2)c(=O)c1. The number of halogens is 1. The first kappa shape index (κ1) is 13.4. The minimum Gasteiger partial charge on any atom is -0.423 e. The molecule has 0 amide bonds. The van der Waals surface area contributed by atoms with Crippen molar-refractivity contribution in [3.8, 4) is 0 Å². The summed E-state index contributed by atoms with van der Waals surface area (Å²) in [7, 11) is -1.75. The molecule has 2 aromatic rings. The Morgan fingerprint density at radius 2 is 2.05 bits per heavy atom. The summed E-state index contributed by atoms with van der Waals surface area (Å²) >= 11 is 0. The normalized spacial score (nSPS) is 10.5. The fourth-order valence-electron chi connectivity index (χ4n) is 1.73. The van der Waals surface area contributed by atoms with Gasteiger partial charge in [0.25, 0.3) is 5.56 Å². The van der Waals surface area contributed by atoms with E-state index in [1.807, 2.05) is 0 Å². The Bertz CT molecular complexity index is 658. The van der Waals surface area contributed by atoms with E-state index in [1.54, 1.807) is 6.92 Å². The second kappa shape index (κ2) is 5.33. The highest BCUT2D eigenvalue weighted by atomic mass is 19.1. The Morgan fingerprint density at radius 1 is 1.32 bits per heavy atom. The summed E-state index contributed by atoms with van der Waals surface area (Å²) in [6, 6.07) is 5.09. The predicted molar refractivity (Wildman–Crippen MR) is 68.6 cm³/mol. The van der Waals surface area contributed by atoms with Gasteiger partial charge in [0.2, 0.25) is 0 Å². The van der Waals surface area contributed by atoms with Crippen molar-refractivity contribution in [2.24, 2.45) is 0 Å². The molecule has 1 aromatic heterocycles. The summed E-state index contributed by atoms with van der Waals surface area (Å²) in [5.74, 6) is -0.597. The van der Waals surface area contributed by atoms with E-state index in [9.17, 15) is 9.18 Å². The van der Waals surface area contributed by atoms with Crippen LogP contribution in [-0.2, 0) is 6.54 Å². The second-order valence-electron chi connectivity index (χ2n) is 4.30. The zero-order chi connectivity index (χ0) is 14.0. The number of hydrogen-bond acceptors (Lipinski definition) is 4. The first-order valence-electron chi connectivity index (χ1n) is 5.65. The lowest BCUT2D eigenvalue weighted by atomic mass is 9.79. The highest BCUT2D eigenvalue weighted by Gasteiger charge is 2.13. The van der Waals surface area contributed by atoms with E-state index < -0.39 is 12.9 Å². The zero-order valence-corrected chi connectivity index (χ0v) is 10.2. The Morgan fingerprint density at radius 3 is 2.68 bits per heavy atom. The van der Waals surface area contributed by atoms with E-state index in [1.165, 1.54) is 29.1 Å². The van der Waals surface area contributed by atoms with Gasteiger partial charge in [0.15, 0.2) is 0 Å². The summed E-state index contributed by atoms with van der Waals surface area (Å²) in [5, 5.41) is 22.0. The molecule has 0 aliphatic heterocycles. The molecule has 0 aliphatic carbocycles. The summed E-state index contributed by atoms with van der Waals surface area (Å²) in [5.41, 5.74) is 0.916. The Hall–Kier alpha value is -1.99. The van der Waals surface area contributed by atoms with E-state index in [0.717, 1.165) is 11.6 Å². The molecule has 0 saturated heterocycles. The van der Waals surface area contributed by atoms with Gasteiger partial charge in [-0.15, -0.1) is 0 Å². The summed E-state index contributed by atoms with van der Waals surface area (Å²) in [6.07, 6.45) is 1.53. The lowest BCUT2D eigenvalue weighted by Gasteiger charge is -2.07. The molecule has 5 nitrogen and oxygen atoms in total. The molecule has 98 valence electrons. The number of nitrogens with zero attached hydrogens (tertiary/aromatic N) is 2. The van der Waals surface area contributed by atoms with Gasteiger partial charge in [-0.25, -0.2) is 9.07 Å². The van der Waals surface area contributed by atoms with Gasteiger partial charge in [-0.1, -0.05) is 6.07 Å². The lowest BCUT2D eigenvalue weighted by Crippen LogP contribution is -2.31. The summed E-state index contributed by atoms with van der Waals surface area (Å²) in [4.78, 5) is 11.7. The average Bonchev–Trinajstić information content (AvgIpc) is 2.32. The van der Waals surface area contributed by atoms with Crippen LogP contribution >= 0.6 is 0 Å². The van der Waals surface area contributed by atoms with Crippen LogP contribution in [0, 0.1) is 12.7 Å². The number of aromatic nitrogens is 2. The summed E-state index contributed by atoms with van der Waals surface area (Å²) < 4.78 is 14.5. The van der Waals surface area contributed by atoms with Crippen LogP contribution in [0.15, 0.2) is 35.3 Å². The predicted octanol–water partition coefficient (Wildman–Crippen LogP) is -0.581. The van der Waals surface area contributed by atoms with Gasteiger partial charge < -0.3 is 10.0 Å². The number of rotatable bonds is 3. The highest BCUT2D eigenvalue weighted by Crippen LogP contribution is 2.03. The lowest BCUT2D eigenvalue weighted by molar-refractivity contribution is 0.425. The van der Waals surface area contributed by atoms with Crippen molar-refractivity contribution in [1.29, 1.82) is 0 Å². The van der Waals surface area contributed by atoms with E-state index in [4.69, 9.17) is 10.0 Å².